The van der Waals surface area contributed by atoms with E-state index >= 15 is 0 Å². The smallest absolute Gasteiger partial charge is 0.188 e. The van der Waals surface area contributed by atoms with Crippen molar-refractivity contribution in [3.8, 4) is 0 Å². The summed E-state index contributed by atoms with van der Waals surface area (Å²) >= 11 is 0. The lowest BCUT2D eigenvalue weighted by Gasteiger charge is -2.25. The Bertz CT molecular complexity index is 374. The Morgan fingerprint density at radius 1 is 1.29 bits per heavy atom. The van der Waals surface area contributed by atoms with Crippen LogP contribution in [0.3, 0.4) is 0 Å². The number of carbonyl (C=O) groups is 1. The first-order valence-electron chi connectivity index (χ1n) is 6.41. The first-order valence-corrected chi connectivity index (χ1v) is 6.41. The molecule has 1 aliphatic rings. The number of carbonyl (C=O) groups excluding carboxylic acids is 1. The normalized spacial score (nSPS) is 15.9. The summed E-state index contributed by atoms with van der Waals surface area (Å²) in [5, 5.41) is 0. The quantitative estimate of drug-likeness (QED) is 0.725. The molecule has 0 bridgehead atoms. The molecule has 1 aromatic carbocycles. The summed E-state index contributed by atoms with van der Waals surface area (Å²) in [7, 11) is 0. The second-order valence-corrected chi connectivity index (χ2v) is 5.03. The molecule has 0 radical (unpaired) electrons. The van der Waals surface area contributed by atoms with Gasteiger partial charge in [0.1, 0.15) is 6.61 Å². The van der Waals surface area contributed by atoms with E-state index in [1.54, 1.807) is 0 Å². The number of ketones is 1. The van der Waals surface area contributed by atoms with Crippen molar-refractivity contribution in [2.45, 2.75) is 45.1 Å². The lowest BCUT2D eigenvalue weighted by molar-refractivity contribution is 0.0585. The fraction of sp³-hybridized carbons (Fsp3) is 0.533. The van der Waals surface area contributed by atoms with Gasteiger partial charge in [-0.1, -0.05) is 30.7 Å². The number of ether oxygens (including phenoxy) is 1. The average Bonchev–Trinajstić information content (AvgIpc) is 2.24. The molecule has 0 heterocycles. The summed E-state index contributed by atoms with van der Waals surface area (Å²) < 4.78 is 5.32. The van der Waals surface area contributed by atoms with Crippen LogP contribution in [0.4, 0.5) is 0 Å². The van der Waals surface area contributed by atoms with Gasteiger partial charge in [-0.05, 0) is 38.2 Å². The molecule has 1 saturated carbocycles. The van der Waals surface area contributed by atoms with Crippen molar-refractivity contribution < 1.29 is 9.53 Å². The molecule has 0 atom stereocenters. The van der Waals surface area contributed by atoms with Gasteiger partial charge in [-0.15, -0.1) is 0 Å². The number of benzene rings is 1. The second-order valence-electron chi connectivity index (χ2n) is 5.03. The van der Waals surface area contributed by atoms with E-state index in [1.807, 2.05) is 26.0 Å². The first-order chi connectivity index (χ1) is 8.16. The Balaban J connectivity index is 1.94. The molecule has 0 spiro atoms. The molecule has 1 aliphatic carbocycles. The van der Waals surface area contributed by atoms with E-state index in [2.05, 4.69) is 12.1 Å². The minimum Gasteiger partial charge on any atom is -0.371 e. The Kier molecular flexibility index (Phi) is 3.95. The molecular formula is C15H20O2. The third kappa shape index (κ3) is 3.16. The van der Waals surface area contributed by atoms with Crippen molar-refractivity contribution in [2.75, 3.05) is 6.61 Å². The average molecular weight is 232 g/mol. The standard InChI is InChI=1S/C15H20O2/c1-11(2)17-10-15(16)14-8-6-13(7-9-14)12-4-3-5-12/h6-9,11-12H,3-5,10H2,1-2H3. The van der Waals surface area contributed by atoms with Crippen LogP contribution in [-0.2, 0) is 4.74 Å². The zero-order chi connectivity index (χ0) is 12.3. The highest BCUT2D eigenvalue weighted by atomic mass is 16.5. The van der Waals surface area contributed by atoms with Crippen molar-refractivity contribution >= 4 is 5.78 Å². The molecule has 2 heteroatoms. The highest BCUT2D eigenvalue weighted by molar-refractivity contribution is 5.97. The summed E-state index contributed by atoms with van der Waals surface area (Å²) in [4.78, 5) is 11.8. The first kappa shape index (κ1) is 12.3. The molecule has 0 unspecified atom stereocenters. The topological polar surface area (TPSA) is 26.3 Å². The van der Waals surface area contributed by atoms with Gasteiger partial charge in [-0.3, -0.25) is 4.79 Å². The van der Waals surface area contributed by atoms with E-state index in [0.717, 1.165) is 11.5 Å². The van der Waals surface area contributed by atoms with Gasteiger partial charge < -0.3 is 4.74 Å². The van der Waals surface area contributed by atoms with Crippen LogP contribution in [0, 0.1) is 0 Å². The van der Waals surface area contributed by atoms with Crippen molar-refractivity contribution in [3.63, 3.8) is 0 Å². The van der Waals surface area contributed by atoms with Crippen LogP contribution in [0.25, 0.3) is 0 Å². The lowest BCUT2D eigenvalue weighted by atomic mass is 9.80. The van der Waals surface area contributed by atoms with Gasteiger partial charge in [0.2, 0.25) is 0 Å². The molecule has 0 aliphatic heterocycles. The summed E-state index contributed by atoms with van der Waals surface area (Å²) in [6.45, 7) is 4.06. The van der Waals surface area contributed by atoms with Crippen LogP contribution < -0.4 is 0 Å². The van der Waals surface area contributed by atoms with Gasteiger partial charge in [-0.25, -0.2) is 0 Å². The maximum absolute atomic E-state index is 11.8. The van der Waals surface area contributed by atoms with Gasteiger partial charge in [0, 0.05) is 5.56 Å². The van der Waals surface area contributed by atoms with E-state index < -0.39 is 0 Å². The van der Waals surface area contributed by atoms with Crippen LogP contribution in [0.2, 0.25) is 0 Å². The van der Waals surface area contributed by atoms with Crippen LogP contribution in [0.15, 0.2) is 24.3 Å². The van der Waals surface area contributed by atoms with Gasteiger partial charge in [-0.2, -0.15) is 0 Å². The molecular weight excluding hydrogens is 212 g/mol. The minimum absolute atomic E-state index is 0.0684. The predicted octanol–water partition coefficient (Wildman–Crippen LogP) is 3.56. The largest absolute Gasteiger partial charge is 0.371 e. The van der Waals surface area contributed by atoms with Crippen molar-refractivity contribution in [2.24, 2.45) is 0 Å². The van der Waals surface area contributed by atoms with E-state index in [-0.39, 0.29) is 18.5 Å². The lowest BCUT2D eigenvalue weighted by Crippen LogP contribution is -2.14. The molecule has 2 rings (SSSR count). The molecule has 1 fully saturated rings. The van der Waals surface area contributed by atoms with Gasteiger partial charge >= 0.3 is 0 Å². The Hall–Kier alpha value is -1.15. The SMILES string of the molecule is CC(C)OCC(=O)c1ccc(C2CCC2)cc1. The summed E-state index contributed by atoms with van der Waals surface area (Å²) in [5.74, 6) is 0.796. The fourth-order valence-corrected chi connectivity index (χ4v) is 2.01. The van der Waals surface area contributed by atoms with E-state index in [1.165, 1.54) is 24.8 Å². The zero-order valence-electron chi connectivity index (χ0n) is 10.6. The van der Waals surface area contributed by atoms with Crippen LogP contribution in [0.1, 0.15) is 54.9 Å². The van der Waals surface area contributed by atoms with Crippen LogP contribution >= 0.6 is 0 Å². The Morgan fingerprint density at radius 3 is 2.41 bits per heavy atom. The van der Waals surface area contributed by atoms with E-state index in [4.69, 9.17) is 4.74 Å². The highest BCUT2D eigenvalue weighted by Gasteiger charge is 2.19. The van der Waals surface area contributed by atoms with Crippen LogP contribution in [-0.4, -0.2) is 18.5 Å². The molecule has 0 amide bonds. The minimum atomic E-state index is 0.0684. The molecule has 1 aromatic rings. The Labute approximate surface area is 103 Å². The third-order valence-corrected chi connectivity index (χ3v) is 3.36. The number of hydrogen-bond acceptors (Lipinski definition) is 2. The molecule has 2 nitrogen and oxygen atoms in total. The fourth-order valence-electron chi connectivity index (χ4n) is 2.01. The van der Waals surface area contributed by atoms with Crippen molar-refractivity contribution in [1.82, 2.24) is 0 Å². The molecule has 0 N–H and O–H groups in total. The molecule has 17 heavy (non-hydrogen) atoms. The predicted molar refractivity (Wildman–Crippen MR) is 68.5 cm³/mol. The van der Waals surface area contributed by atoms with E-state index in [0.29, 0.717) is 0 Å². The monoisotopic (exact) mass is 232 g/mol. The van der Waals surface area contributed by atoms with Crippen LogP contribution in [0.5, 0.6) is 0 Å². The van der Waals surface area contributed by atoms with Gasteiger partial charge in [0.05, 0.1) is 6.10 Å². The highest BCUT2D eigenvalue weighted by Crippen LogP contribution is 2.36. The number of rotatable bonds is 5. The van der Waals surface area contributed by atoms with Crippen molar-refractivity contribution in [1.29, 1.82) is 0 Å². The summed E-state index contributed by atoms with van der Waals surface area (Å²) in [6.07, 6.45) is 4.04. The number of hydrogen-bond donors (Lipinski definition) is 0. The summed E-state index contributed by atoms with van der Waals surface area (Å²) in [5.41, 5.74) is 2.13. The zero-order valence-corrected chi connectivity index (χ0v) is 10.6. The maximum Gasteiger partial charge on any atom is 0.188 e. The van der Waals surface area contributed by atoms with Gasteiger partial charge in [0.15, 0.2) is 5.78 Å². The Morgan fingerprint density at radius 2 is 1.94 bits per heavy atom. The maximum atomic E-state index is 11.8. The number of Topliss-reactive ketones (excluding diaryl/α,β-unsaturated/α-hetero) is 1. The second kappa shape index (κ2) is 5.46. The van der Waals surface area contributed by atoms with Gasteiger partial charge in [0.25, 0.3) is 0 Å². The van der Waals surface area contributed by atoms with Crippen molar-refractivity contribution in [3.05, 3.63) is 35.4 Å². The third-order valence-electron chi connectivity index (χ3n) is 3.36. The molecule has 0 aromatic heterocycles. The molecule has 0 saturated heterocycles. The summed E-state index contributed by atoms with van der Waals surface area (Å²) in [6, 6.07) is 8.04. The van der Waals surface area contributed by atoms with E-state index in [9.17, 15) is 4.79 Å². The molecule has 92 valence electrons.